The van der Waals surface area contributed by atoms with E-state index in [9.17, 15) is 4.39 Å². The van der Waals surface area contributed by atoms with Crippen LogP contribution >= 0.6 is 11.3 Å². The van der Waals surface area contributed by atoms with Gasteiger partial charge in [0.1, 0.15) is 22.8 Å². The molecule has 2 heterocycles. The lowest BCUT2D eigenvalue weighted by molar-refractivity contribution is 0.361. The molecule has 0 unspecified atom stereocenters. The summed E-state index contributed by atoms with van der Waals surface area (Å²) in [5, 5.41) is 6.77. The normalized spacial score (nSPS) is 21.1. The van der Waals surface area contributed by atoms with Crippen LogP contribution in [0.2, 0.25) is 0 Å². The van der Waals surface area contributed by atoms with E-state index in [1.54, 1.807) is 17.7 Å². The molecule has 1 saturated carbocycles. The van der Waals surface area contributed by atoms with Crippen LogP contribution in [-0.2, 0) is 0 Å². The minimum absolute atomic E-state index is 0.218. The van der Waals surface area contributed by atoms with Gasteiger partial charge in [-0.1, -0.05) is 19.1 Å². The second-order valence-corrected chi connectivity index (χ2v) is 7.52. The van der Waals surface area contributed by atoms with Gasteiger partial charge in [0.15, 0.2) is 0 Å². The van der Waals surface area contributed by atoms with Crippen LogP contribution in [0.3, 0.4) is 0 Å². The molecule has 0 aliphatic heterocycles. The standard InChI is InChI=1S/C19H20FN3S/c1-12-2-8-15(9-3-12)23-18-17-16(10-24-19(17)22-11-21-18)13-4-6-14(20)7-5-13/h4-7,10-12,15H,2-3,8-9H2,1H3,(H,21,22,23). The van der Waals surface area contributed by atoms with Crippen LogP contribution in [0.4, 0.5) is 10.2 Å². The van der Waals surface area contributed by atoms with Gasteiger partial charge in [-0.3, -0.25) is 0 Å². The van der Waals surface area contributed by atoms with Crippen molar-refractivity contribution in [1.82, 2.24) is 9.97 Å². The van der Waals surface area contributed by atoms with Crippen LogP contribution in [0, 0.1) is 11.7 Å². The number of nitrogens with zero attached hydrogens (tertiary/aromatic N) is 2. The number of rotatable bonds is 3. The van der Waals surface area contributed by atoms with Gasteiger partial charge in [-0.2, -0.15) is 0 Å². The number of hydrogen-bond donors (Lipinski definition) is 1. The summed E-state index contributed by atoms with van der Waals surface area (Å²) >= 11 is 1.60. The number of thiophene rings is 1. The van der Waals surface area contributed by atoms with Crippen molar-refractivity contribution in [2.24, 2.45) is 5.92 Å². The average Bonchev–Trinajstić information content (AvgIpc) is 3.03. The van der Waals surface area contributed by atoms with Gasteiger partial charge in [-0.25, -0.2) is 14.4 Å². The highest BCUT2D eigenvalue weighted by Crippen LogP contribution is 2.37. The first-order valence-corrected chi connectivity index (χ1v) is 9.33. The van der Waals surface area contributed by atoms with Crippen molar-refractivity contribution < 1.29 is 4.39 Å². The third-order valence-electron chi connectivity index (χ3n) is 4.88. The van der Waals surface area contributed by atoms with Crippen LogP contribution in [0.25, 0.3) is 21.3 Å². The molecule has 0 atom stereocenters. The number of anilines is 1. The van der Waals surface area contributed by atoms with Crippen molar-refractivity contribution >= 4 is 27.4 Å². The van der Waals surface area contributed by atoms with E-state index in [2.05, 4.69) is 27.6 Å². The molecule has 3 aromatic rings. The van der Waals surface area contributed by atoms with Crippen molar-refractivity contribution in [3.05, 3.63) is 41.8 Å². The fraction of sp³-hybridized carbons (Fsp3) is 0.368. The molecule has 1 N–H and O–H groups in total. The van der Waals surface area contributed by atoms with E-state index in [1.165, 1.54) is 37.8 Å². The van der Waals surface area contributed by atoms with Crippen molar-refractivity contribution in [2.75, 3.05) is 5.32 Å². The molecule has 1 aliphatic rings. The molecule has 2 aromatic heterocycles. The Hall–Kier alpha value is -2.01. The number of aromatic nitrogens is 2. The zero-order valence-electron chi connectivity index (χ0n) is 13.6. The molecule has 0 bridgehead atoms. The topological polar surface area (TPSA) is 37.8 Å². The fourth-order valence-corrected chi connectivity index (χ4v) is 4.34. The van der Waals surface area contributed by atoms with Crippen LogP contribution in [0.15, 0.2) is 36.0 Å². The Morgan fingerprint density at radius 2 is 1.83 bits per heavy atom. The molecule has 1 fully saturated rings. The summed E-state index contributed by atoms with van der Waals surface area (Å²) in [6.07, 6.45) is 6.52. The lowest BCUT2D eigenvalue weighted by atomic mass is 9.87. The van der Waals surface area contributed by atoms with E-state index in [0.29, 0.717) is 6.04 Å². The zero-order valence-corrected chi connectivity index (χ0v) is 14.4. The summed E-state index contributed by atoms with van der Waals surface area (Å²) in [7, 11) is 0. The van der Waals surface area contributed by atoms with Gasteiger partial charge < -0.3 is 5.32 Å². The minimum Gasteiger partial charge on any atom is -0.367 e. The summed E-state index contributed by atoms with van der Waals surface area (Å²) in [6, 6.07) is 7.10. The first kappa shape index (κ1) is 15.5. The quantitative estimate of drug-likeness (QED) is 0.684. The summed E-state index contributed by atoms with van der Waals surface area (Å²) < 4.78 is 13.2. The molecule has 5 heteroatoms. The van der Waals surface area contributed by atoms with E-state index in [1.807, 2.05) is 12.1 Å². The molecule has 0 spiro atoms. The third-order valence-corrected chi connectivity index (χ3v) is 5.77. The largest absolute Gasteiger partial charge is 0.367 e. The lowest BCUT2D eigenvalue weighted by Gasteiger charge is -2.27. The molecule has 1 aromatic carbocycles. The number of fused-ring (bicyclic) bond motifs is 1. The second kappa shape index (κ2) is 6.48. The zero-order chi connectivity index (χ0) is 16.5. The lowest BCUT2D eigenvalue weighted by Crippen LogP contribution is -2.25. The van der Waals surface area contributed by atoms with E-state index in [4.69, 9.17) is 0 Å². The maximum Gasteiger partial charge on any atom is 0.139 e. The van der Waals surface area contributed by atoms with Gasteiger partial charge in [-0.15, -0.1) is 11.3 Å². The van der Waals surface area contributed by atoms with Gasteiger partial charge in [0.05, 0.1) is 5.39 Å². The Morgan fingerprint density at radius 1 is 1.08 bits per heavy atom. The Balaban J connectivity index is 1.70. The summed E-state index contributed by atoms with van der Waals surface area (Å²) in [4.78, 5) is 9.88. The third kappa shape index (κ3) is 3.00. The minimum atomic E-state index is -0.218. The molecule has 0 radical (unpaired) electrons. The number of benzene rings is 1. The fourth-order valence-electron chi connectivity index (χ4n) is 3.42. The molecule has 3 nitrogen and oxygen atoms in total. The molecular formula is C19H20FN3S. The highest BCUT2D eigenvalue weighted by molar-refractivity contribution is 7.17. The molecular weight excluding hydrogens is 321 g/mol. The number of nitrogens with one attached hydrogen (secondary N) is 1. The van der Waals surface area contributed by atoms with Crippen LogP contribution in [0.5, 0.6) is 0 Å². The molecule has 124 valence electrons. The predicted octanol–water partition coefficient (Wildman–Crippen LogP) is 5.49. The first-order valence-electron chi connectivity index (χ1n) is 8.45. The van der Waals surface area contributed by atoms with Gasteiger partial charge in [0, 0.05) is 17.0 Å². The van der Waals surface area contributed by atoms with Gasteiger partial charge in [-0.05, 0) is 49.3 Å². The Labute approximate surface area is 145 Å². The van der Waals surface area contributed by atoms with Gasteiger partial charge >= 0.3 is 0 Å². The van der Waals surface area contributed by atoms with E-state index >= 15 is 0 Å². The van der Waals surface area contributed by atoms with E-state index in [-0.39, 0.29) is 5.82 Å². The Kier molecular flexibility index (Phi) is 4.19. The molecule has 24 heavy (non-hydrogen) atoms. The predicted molar refractivity (Wildman–Crippen MR) is 97.9 cm³/mol. The summed E-state index contributed by atoms with van der Waals surface area (Å²) in [5.41, 5.74) is 2.07. The van der Waals surface area contributed by atoms with E-state index in [0.717, 1.165) is 33.1 Å². The Morgan fingerprint density at radius 3 is 2.58 bits per heavy atom. The second-order valence-electron chi connectivity index (χ2n) is 6.66. The van der Waals surface area contributed by atoms with Crippen LogP contribution in [-0.4, -0.2) is 16.0 Å². The first-order chi connectivity index (χ1) is 11.7. The van der Waals surface area contributed by atoms with Gasteiger partial charge in [0.25, 0.3) is 0 Å². The smallest absolute Gasteiger partial charge is 0.139 e. The average molecular weight is 341 g/mol. The number of hydrogen-bond acceptors (Lipinski definition) is 4. The molecule has 0 amide bonds. The summed E-state index contributed by atoms with van der Waals surface area (Å²) in [5.74, 6) is 1.51. The van der Waals surface area contributed by atoms with Crippen molar-refractivity contribution in [1.29, 1.82) is 0 Å². The summed E-state index contributed by atoms with van der Waals surface area (Å²) in [6.45, 7) is 2.32. The molecule has 1 aliphatic carbocycles. The monoisotopic (exact) mass is 341 g/mol. The van der Waals surface area contributed by atoms with E-state index < -0.39 is 0 Å². The highest BCUT2D eigenvalue weighted by Gasteiger charge is 2.20. The number of halogens is 1. The molecule has 0 saturated heterocycles. The van der Waals surface area contributed by atoms with Gasteiger partial charge in [0.2, 0.25) is 0 Å². The highest BCUT2D eigenvalue weighted by atomic mass is 32.1. The van der Waals surface area contributed by atoms with Crippen LogP contribution in [0.1, 0.15) is 32.6 Å². The maximum absolute atomic E-state index is 13.2. The SMILES string of the molecule is CC1CCC(Nc2ncnc3scc(-c4ccc(F)cc4)c23)CC1. The Bertz CT molecular complexity index is 835. The van der Waals surface area contributed by atoms with Crippen molar-refractivity contribution in [3.8, 4) is 11.1 Å². The van der Waals surface area contributed by atoms with Crippen molar-refractivity contribution in [2.45, 2.75) is 38.6 Å². The van der Waals surface area contributed by atoms with Crippen molar-refractivity contribution in [3.63, 3.8) is 0 Å². The molecule has 4 rings (SSSR count). The van der Waals surface area contributed by atoms with Crippen LogP contribution < -0.4 is 5.32 Å². The maximum atomic E-state index is 13.2.